The molecule has 0 saturated carbocycles. The highest BCUT2D eigenvalue weighted by Crippen LogP contribution is 2.44. The third-order valence-corrected chi connectivity index (χ3v) is 8.48. The van der Waals surface area contributed by atoms with Crippen LogP contribution >= 0.6 is 11.3 Å². The molecule has 0 N–H and O–H groups in total. The first-order valence-corrected chi connectivity index (χ1v) is 13.6. The van der Waals surface area contributed by atoms with E-state index >= 15 is 0 Å². The average molecular weight is 515 g/mol. The average Bonchev–Trinajstić information content (AvgIpc) is 3.41. The number of rotatable bonds is 4. The molecule has 39 heavy (non-hydrogen) atoms. The van der Waals surface area contributed by atoms with E-state index in [0.29, 0.717) is 5.69 Å². The Kier molecular flexibility index (Phi) is 5.74. The summed E-state index contributed by atoms with van der Waals surface area (Å²) < 4.78 is 2.57. The van der Waals surface area contributed by atoms with Crippen molar-refractivity contribution >= 4 is 37.2 Å². The lowest BCUT2D eigenvalue weighted by Crippen LogP contribution is -1.85. The summed E-state index contributed by atoms with van der Waals surface area (Å²) in [6.07, 6.45) is 1.95. The van der Waals surface area contributed by atoms with E-state index in [0.717, 1.165) is 27.9 Å². The maximum Gasteiger partial charge on any atom is 0.187 e. The summed E-state index contributed by atoms with van der Waals surface area (Å²) in [6.45, 7) is 7.26. The van der Waals surface area contributed by atoms with E-state index in [1.54, 1.807) is 0 Å². The van der Waals surface area contributed by atoms with Crippen molar-refractivity contribution in [1.29, 1.82) is 0 Å². The van der Waals surface area contributed by atoms with E-state index in [4.69, 9.17) is 11.6 Å². The molecular formula is C36H22N2S. The lowest BCUT2D eigenvalue weighted by atomic mass is 9.98. The number of benzene rings is 5. The van der Waals surface area contributed by atoms with E-state index in [-0.39, 0.29) is 0 Å². The zero-order chi connectivity index (χ0) is 26.2. The van der Waals surface area contributed by atoms with Crippen LogP contribution in [0.1, 0.15) is 0 Å². The molecule has 0 unspecified atom stereocenters. The van der Waals surface area contributed by atoms with Crippen molar-refractivity contribution in [1.82, 2.24) is 4.98 Å². The van der Waals surface area contributed by atoms with Crippen molar-refractivity contribution in [2.45, 2.75) is 0 Å². The third-order valence-electron chi connectivity index (χ3n) is 7.19. The maximum absolute atomic E-state index is 7.26. The molecule has 2 nitrogen and oxygen atoms in total. The van der Waals surface area contributed by atoms with Gasteiger partial charge in [0.05, 0.1) is 12.3 Å². The van der Waals surface area contributed by atoms with E-state index < -0.39 is 0 Å². The second kappa shape index (κ2) is 9.68. The molecule has 0 aliphatic rings. The van der Waals surface area contributed by atoms with Gasteiger partial charge in [-0.3, -0.25) is 4.98 Å². The molecule has 5 aromatic carbocycles. The number of nitrogens with zero attached hydrogens (tertiary/aromatic N) is 2. The fraction of sp³-hybridized carbons (Fsp3) is 0. The minimum atomic E-state index is 0.663. The van der Waals surface area contributed by atoms with Crippen molar-refractivity contribution in [2.75, 3.05) is 0 Å². The largest absolute Gasteiger partial charge is 0.256 e. The molecule has 0 amide bonds. The predicted molar refractivity (Wildman–Crippen MR) is 165 cm³/mol. The van der Waals surface area contributed by atoms with Crippen LogP contribution in [-0.2, 0) is 0 Å². The van der Waals surface area contributed by atoms with Crippen LogP contribution < -0.4 is 0 Å². The van der Waals surface area contributed by atoms with Gasteiger partial charge in [-0.1, -0.05) is 121 Å². The Bertz CT molecular complexity index is 1980. The van der Waals surface area contributed by atoms with E-state index in [9.17, 15) is 0 Å². The van der Waals surface area contributed by atoms with Gasteiger partial charge in [0.1, 0.15) is 0 Å². The van der Waals surface area contributed by atoms with Gasteiger partial charge in [-0.15, -0.1) is 11.3 Å². The Labute approximate surface area is 231 Å². The van der Waals surface area contributed by atoms with Crippen LogP contribution in [0.5, 0.6) is 0 Å². The zero-order valence-corrected chi connectivity index (χ0v) is 21.8. The number of hydrogen-bond donors (Lipinski definition) is 0. The first-order valence-electron chi connectivity index (χ1n) is 12.8. The summed E-state index contributed by atoms with van der Waals surface area (Å²) in [5, 5.41) is 2.54. The quantitative estimate of drug-likeness (QED) is 0.214. The molecule has 2 aromatic heterocycles. The molecule has 0 bridgehead atoms. The van der Waals surface area contributed by atoms with Gasteiger partial charge in [0.15, 0.2) is 5.69 Å². The topological polar surface area (TPSA) is 17.2 Å². The smallest absolute Gasteiger partial charge is 0.187 e. The summed E-state index contributed by atoms with van der Waals surface area (Å²) >= 11 is 1.84. The second-order valence-electron chi connectivity index (χ2n) is 9.50. The molecule has 0 aliphatic heterocycles. The van der Waals surface area contributed by atoms with Crippen molar-refractivity contribution in [3.63, 3.8) is 0 Å². The molecule has 2 heterocycles. The summed E-state index contributed by atoms with van der Waals surface area (Å²) in [6, 6.07) is 44.3. The Morgan fingerprint density at radius 1 is 0.487 bits per heavy atom. The zero-order valence-electron chi connectivity index (χ0n) is 21.0. The van der Waals surface area contributed by atoms with Crippen LogP contribution in [-0.4, -0.2) is 4.98 Å². The number of pyridine rings is 1. The van der Waals surface area contributed by atoms with Crippen LogP contribution in [0.4, 0.5) is 5.69 Å². The maximum atomic E-state index is 7.26. The summed E-state index contributed by atoms with van der Waals surface area (Å²) in [5.74, 6) is 0. The SMILES string of the molecule is [C-]#[N+]c1ccc(-c2cccc3c2sc2c(-c4ccc(-c5ccc(-c6ccccc6)nc5)cc4)cccc23)cc1. The lowest BCUT2D eigenvalue weighted by Gasteiger charge is -2.07. The van der Waals surface area contributed by atoms with Crippen molar-refractivity contribution in [3.05, 3.63) is 145 Å². The highest BCUT2D eigenvalue weighted by atomic mass is 32.1. The Morgan fingerprint density at radius 3 is 1.62 bits per heavy atom. The molecule has 7 rings (SSSR count). The van der Waals surface area contributed by atoms with Crippen LogP contribution in [0.25, 0.3) is 69.7 Å². The van der Waals surface area contributed by atoms with Crippen molar-refractivity contribution in [2.24, 2.45) is 0 Å². The fourth-order valence-corrected chi connectivity index (χ4v) is 6.55. The minimum Gasteiger partial charge on any atom is -0.256 e. The molecule has 0 saturated heterocycles. The van der Waals surface area contributed by atoms with Gasteiger partial charge >= 0.3 is 0 Å². The Morgan fingerprint density at radius 2 is 1.05 bits per heavy atom. The number of aromatic nitrogens is 1. The van der Waals surface area contributed by atoms with Crippen LogP contribution in [0.3, 0.4) is 0 Å². The van der Waals surface area contributed by atoms with Gasteiger partial charge in [0, 0.05) is 37.5 Å². The highest BCUT2D eigenvalue weighted by Gasteiger charge is 2.14. The summed E-state index contributed by atoms with van der Waals surface area (Å²) in [5.41, 5.74) is 9.81. The molecule has 0 aliphatic carbocycles. The van der Waals surface area contributed by atoms with Crippen LogP contribution in [0, 0.1) is 6.57 Å². The van der Waals surface area contributed by atoms with Crippen molar-refractivity contribution in [3.8, 4) is 44.6 Å². The van der Waals surface area contributed by atoms with E-state index in [1.807, 2.05) is 60.0 Å². The summed E-state index contributed by atoms with van der Waals surface area (Å²) in [7, 11) is 0. The highest BCUT2D eigenvalue weighted by molar-refractivity contribution is 7.26. The molecular weight excluding hydrogens is 492 g/mol. The molecule has 3 heteroatoms. The number of thiophene rings is 1. The van der Waals surface area contributed by atoms with Gasteiger partial charge in [0.2, 0.25) is 0 Å². The van der Waals surface area contributed by atoms with Gasteiger partial charge < -0.3 is 0 Å². The van der Waals surface area contributed by atoms with Crippen LogP contribution in [0.2, 0.25) is 0 Å². The summed E-state index contributed by atoms with van der Waals surface area (Å²) in [4.78, 5) is 8.24. The lowest BCUT2D eigenvalue weighted by molar-refractivity contribution is 1.32. The molecule has 0 atom stereocenters. The molecule has 7 aromatic rings. The molecule has 0 spiro atoms. The molecule has 0 radical (unpaired) electrons. The van der Waals surface area contributed by atoms with Gasteiger partial charge in [-0.05, 0) is 33.9 Å². The standard InChI is InChI=1S/C36H22N2S/c1-37-29-20-17-26(18-21-29)31-10-6-12-33-32-11-5-9-30(35(32)39-36(31)33)25-15-13-24(14-16-25)28-19-22-34(38-23-28)27-7-3-2-4-8-27/h2-23H. The van der Waals surface area contributed by atoms with Crippen molar-refractivity contribution < 1.29 is 0 Å². The number of hydrogen-bond acceptors (Lipinski definition) is 2. The normalized spacial score (nSPS) is 11.1. The first kappa shape index (κ1) is 23.1. The molecule has 0 fully saturated rings. The Hall–Kier alpha value is -5.04. The van der Waals surface area contributed by atoms with E-state index in [1.165, 1.54) is 36.9 Å². The Balaban J connectivity index is 1.26. The van der Waals surface area contributed by atoms with Crippen LogP contribution in [0.15, 0.2) is 134 Å². The van der Waals surface area contributed by atoms with Gasteiger partial charge in [-0.25, -0.2) is 4.85 Å². The second-order valence-corrected chi connectivity index (χ2v) is 10.5. The minimum absolute atomic E-state index is 0.663. The number of fused-ring (bicyclic) bond motifs is 3. The third kappa shape index (κ3) is 4.18. The fourth-order valence-electron chi connectivity index (χ4n) is 5.18. The van der Waals surface area contributed by atoms with Gasteiger partial charge in [-0.2, -0.15) is 0 Å². The monoisotopic (exact) mass is 514 g/mol. The molecule has 182 valence electrons. The van der Waals surface area contributed by atoms with E-state index in [2.05, 4.69) is 89.8 Å². The predicted octanol–water partition coefficient (Wildman–Crippen LogP) is 10.7. The first-order chi connectivity index (χ1) is 19.3. The van der Waals surface area contributed by atoms with Gasteiger partial charge in [0.25, 0.3) is 0 Å².